The van der Waals surface area contributed by atoms with Crippen LogP contribution in [0.15, 0.2) is 33.2 Å². The van der Waals surface area contributed by atoms with Gasteiger partial charge in [-0.3, -0.25) is 0 Å². The van der Waals surface area contributed by atoms with E-state index in [2.05, 4.69) is 50.9 Å². The van der Waals surface area contributed by atoms with E-state index in [4.69, 9.17) is 10.5 Å². The number of ether oxygens (including phenoxy) is 1. The molecule has 0 aliphatic heterocycles. The number of hydrogen-bond donors (Lipinski definition) is 1. The van der Waals surface area contributed by atoms with E-state index >= 15 is 0 Å². The number of nitrogens with two attached hydrogens (primary N) is 1. The molecular weight excluding hydrogens is 378 g/mol. The van der Waals surface area contributed by atoms with Crippen LogP contribution >= 0.6 is 43.2 Å². The molecule has 0 saturated heterocycles. The third kappa shape index (κ3) is 3.28. The van der Waals surface area contributed by atoms with E-state index in [1.807, 2.05) is 12.1 Å². The molecule has 0 bridgehead atoms. The van der Waals surface area contributed by atoms with E-state index in [-0.39, 0.29) is 0 Å². The van der Waals surface area contributed by atoms with Crippen molar-refractivity contribution >= 4 is 48.9 Å². The maximum atomic E-state index is 5.83. The summed E-state index contributed by atoms with van der Waals surface area (Å²) < 4.78 is 7.55. The fourth-order valence-electron chi connectivity index (χ4n) is 1.55. The largest absolute Gasteiger partial charge is 0.486 e. The lowest BCUT2D eigenvalue weighted by molar-refractivity contribution is 0.306. The van der Waals surface area contributed by atoms with Crippen molar-refractivity contribution in [1.82, 2.24) is 0 Å². The van der Waals surface area contributed by atoms with Crippen LogP contribution in [-0.4, -0.2) is 0 Å². The molecule has 0 radical (unpaired) electrons. The summed E-state index contributed by atoms with van der Waals surface area (Å²) in [5.41, 5.74) is 6.44. The number of benzene rings is 1. The van der Waals surface area contributed by atoms with Gasteiger partial charge in [-0.25, -0.2) is 0 Å². The molecule has 1 aromatic heterocycles. The second-order valence-electron chi connectivity index (χ2n) is 3.82. The Kier molecular flexibility index (Phi) is 4.70. The average molecular weight is 391 g/mol. The van der Waals surface area contributed by atoms with E-state index in [9.17, 15) is 0 Å². The van der Waals surface area contributed by atoms with Crippen LogP contribution in [0.25, 0.3) is 0 Å². The van der Waals surface area contributed by atoms with Crippen molar-refractivity contribution < 1.29 is 4.74 Å². The summed E-state index contributed by atoms with van der Waals surface area (Å²) in [4.78, 5) is 2.60. The summed E-state index contributed by atoms with van der Waals surface area (Å²) in [6.07, 6.45) is 1.07. The van der Waals surface area contributed by atoms with Gasteiger partial charge in [-0.1, -0.05) is 6.92 Å². The molecule has 0 aliphatic carbocycles. The summed E-state index contributed by atoms with van der Waals surface area (Å²) in [5.74, 6) is 0.788. The van der Waals surface area contributed by atoms with Gasteiger partial charge in [-0.2, -0.15) is 0 Å². The molecule has 96 valence electrons. The van der Waals surface area contributed by atoms with Gasteiger partial charge < -0.3 is 10.5 Å². The Labute approximate surface area is 127 Å². The molecule has 0 amide bonds. The highest BCUT2D eigenvalue weighted by Crippen LogP contribution is 2.36. The minimum atomic E-state index is 0.575. The molecule has 0 atom stereocenters. The number of hydrogen-bond acceptors (Lipinski definition) is 3. The Morgan fingerprint density at radius 2 is 1.78 bits per heavy atom. The van der Waals surface area contributed by atoms with Gasteiger partial charge in [0.15, 0.2) is 0 Å². The second-order valence-corrected chi connectivity index (χ2v) is 6.79. The Bertz CT molecular complexity index is 531. The molecule has 5 heteroatoms. The zero-order valence-electron chi connectivity index (χ0n) is 9.87. The van der Waals surface area contributed by atoms with Gasteiger partial charge in [0.25, 0.3) is 0 Å². The van der Waals surface area contributed by atoms with Crippen LogP contribution in [-0.2, 0) is 13.0 Å². The third-order valence-corrected chi connectivity index (χ3v) is 4.83. The maximum Gasteiger partial charge on any atom is 0.148 e. The first-order chi connectivity index (χ1) is 8.60. The van der Waals surface area contributed by atoms with Crippen LogP contribution in [0.4, 0.5) is 5.69 Å². The van der Waals surface area contributed by atoms with E-state index < -0.39 is 0 Å². The van der Waals surface area contributed by atoms with Crippen LogP contribution in [0.1, 0.15) is 16.7 Å². The lowest BCUT2D eigenvalue weighted by atomic mass is 10.3. The first kappa shape index (κ1) is 13.9. The van der Waals surface area contributed by atoms with E-state index in [0.29, 0.717) is 12.3 Å². The van der Waals surface area contributed by atoms with Crippen LogP contribution in [0.3, 0.4) is 0 Å². The minimum Gasteiger partial charge on any atom is -0.486 e. The highest BCUT2D eigenvalue weighted by atomic mass is 79.9. The van der Waals surface area contributed by atoms with Gasteiger partial charge in [0, 0.05) is 15.4 Å². The summed E-state index contributed by atoms with van der Waals surface area (Å²) in [5, 5.41) is 0. The quantitative estimate of drug-likeness (QED) is 0.745. The lowest BCUT2D eigenvalue weighted by Gasteiger charge is -2.10. The van der Waals surface area contributed by atoms with Gasteiger partial charge >= 0.3 is 0 Å². The molecule has 2 rings (SSSR count). The Morgan fingerprint density at radius 1 is 1.17 bits per heavy atom. The van der Waals surface area contributed by atoms with Crippen molar-refractivity contribution in [2.24, 2.45) is 0 Å². The number of aryl methyl sites for hydroxylation is 1. The number of rotatable bonds is 4. The smallest absolute Gasteiger partial charge is 0.148 e. The highest BCUT2D eigenvalue weighted by Gasteiger charge is 2.09. The standard InChI is InChI=1S/C13H13Br2NOS/c1-2-9-3-4-10(18-9)7-17-13-11(14)5-8(16)6-12(13)15/h3-6H,2,7,16H2,1H3. The van der Waals surface area contributed by atoms with Crippen LogP contribution in [0.2, 0.25) is 0 Å². The number of thiophene rings is 1. The van der Waals surface area contributed by atoms with Gasteiger partial charge in [-0.05, 0) is 62.5 Å². The SMILES string of the molecule is CCc1ccc(COc2c(Br)cc(N)cc2Br)s1. The fourth-order valence-corrected chi connectivity index (χ4v) is 3.87. The van der Waals surface area contributed by atoms with Crippen molar-refractivity contribution in [2.45, 2.75) is 20.0 Å². The van der Waals surface area contributed by atoms with Crippen molar-refractivity contribution in [2.75, 3.05) is 5.73 Å². The molecule has 18 heavy (non-hydrogen) atoms. The Hall–Kier alpha value is -0.520. The Morgan fingerprint density at radius 3 is 2.33 bits per heavy atom. The minimum absolute atomic E-state index is 0.575. The first-order valence-electron chi connectivity index (χ1n) is 5.55. The molecule has 0 spiro atoms. The molecule has 2 aromatic rings. The fraction of sp³-hybridized carbons (Fsp3) is 0.231. The van der Waals surface area contributed by atoms with Crippen molar-refractivity contribution in [3.63, 3.8) is 0 Å². The summed E-state index contributed by atoms with van der Waals surface area (Å²) in [7, 11) is 0. The average Bonchev–Trinajstić information content (AvgIpc) is 2.75. The van der Waals surface area contributed by atoms with Gasteiger partial charge in [-0.15, -0.1) is 11.3 Å². The molecule has 1 aromatic carbocycles. The number of halogens is 2. The van der Waals surface area contributed by atoms with Crippen LogP contribution < -0.4 is 10.5 Å². The summed E-state index contributed by atoms with van der Waals surface area (Å²) >= 11 is 8.70. The van der Waals surface area contributed by atoms with E-state index in [1.54, 1.807) is 11.3 Å². The summed E-state index contributed by atoms with van der Waals surface area (Å²) in [6, 6.07) is 7.94. The molecular formula is C13H13Br2NOS. The molecule has 0 fully saturated rings. The normalized spacial score (nSPS) is 10.6. The van der Waals surface area contributed by atoms with Crippen molar-refractivity contribution in [1.29, 1.82) is 0 Å². The predicted octanol–water partition coefficient (Wildman–Crippen LogP) is 5.00. The second kappa shape index (κ2) is 6.08. The van der Waals surface area contributed by atoms with Gasteiger partial charge in [0.2, 0.25) is 0 Å². The summed E-state index contributed by atoms with van der Waals surface area (Å²) in [6.45, 7) is 2.73. The molecule has 2 N–H and O–H groups in total. The molecule has 1 heterocycles. The van der Waals surface area contributed by atoms with Crippen LogP contribution in [0, 0.1) is 0 Å². The molecule has 0 saturated carbocycles. The van der Waals surface area contributed by atoms with Gasteiger partial charge in [0.05, 0.1) is 8.95 Å². The predicted molar refractivity (Wildman–Crippen MR) is 84.3 cm³/mol. The third-order valence-electron chi connectivity index (χ3n) is 2.45. The Balaban J connectivity index is 2.10. The zero-order valence-corrected chi connectivity index (χ0v) is 13.9. The number of anilines is 1. The van der Waals surface area contributed by atoms with E-state index in [0.717, 1.165) is 21.1 Å². The highest BCUT2D eigenvalue weighted by molar-refractivity contribution is 9.11. The topological polar surface area (TPSA) is 35.2 Å². The van der Waals surface area contributed by atoms with E-state index in [1.165, 1.54) is 9.75 Å². The molecule has 2 nitrogen and oxygen atoms in total. The number of nitrogen functional groups attached to an aromatic ring is 1. The van der Waals surface area contributed by atoms with Crippen molar-refractivity contribution in [3.8, 4) is 5.75 Å². The lowest BCUT2D eigenvalue weighted by Crippen LogP contribution is -1.96. The van der Waals surface area contributed by atoms with Gasteiger partial charge in [0.1, 0.15) is 12.4 Å². The maximum absolute atomic E-state index is 5.83. The first-order valence-corrected chi connectivity index (χ1v) is 7.95. The van der Waals surface area contributed by atoms with Crippen LogP contribution in [0.5, 0.6) is 5.75 Å². The molecule has 0 unspecified atom stereocenters. The monoisotopic (exact) mass is 389 g/mol. The zero-order chi connectivity index (χ0) is 13.1. The molecule has 0 aliphatic rings. The van der Waals surface area contributed by atoms with Crippen molar-refractivity contribution in [3.05, 3.63) is 43.0 Å².